The second kappa shape index (κ2) is 4.71. The average Bonchev–Trinajstić information content (AvgIpc) is 2.51. The molecular formula is C14H21N3O. The largest absolute Gasteiger partial charge is 0.316 e. The molecule has 2 N–H and O–H groups in total. The second-order valence-corrected chi connectivity index (χ2v) is 5.29. The first kappa shape index (κ1) is 13.1. The van der Waals surface area contributed by atoms with Crippen molar-refractivity contribution in [1.82, 2.24) is 4.90 Å². The predicted octanol–water partition coefficient (Wildman–Crippen LogP) is 1.21. The Morgan fingerprint density at radius 1 is 1.33 bits per heavy atom. The number of aryl methyl sites for hydroxylation is 2. The first-order valence-electron chi connectivity index (χ1n) is 6.24. The van der Waals surface area contributed by atoms with E-state index < -0.39 is 6.04 Å². The predicted molar refractivity (Wildman–Crippen MR) is 73.8 cm³/mol. The number of amides is 1. The first-order valence-corrected chi connectivity index (χ1v) is 6.24. The van der Waals surface area contributed by atoms with Gasteiger partial charge in [0.2, 0.25) is 5.91 Å². The molecule has 98 valence electrons. The minimum absolute atomic E-state index is 0.0144. The van der Waals surface area contributed by atoms with Gasteiger partial charge >= 0.3 is 0 Å². The summed E-state index contributed by atoms with van der Waals surface area (Å²) in [6, 6.07) is 3.63. The molecule has 18 heavy (non-hydrogen) atoms. The van der Waals surface area contributed by atoms with E-state index in [1.54, 1.807) is 0 Å². The SMILES string of the molecule is Cc1cc(C)c2c(c1)C(N)C(=O)N2CCN(C)C. The molecule has 1 aliphatic rings. The number of hydrogen-bond acceptors (Lipinski definition) is 3. The number of hydrogen-bond donors (Lipinski definition) is 1. The van der Waals surface area contributed by atoms with E-state index in [4.69, 9.17) is 5.73 Å². The molecule has 4 heteroatoms. The molecule has 4 nitrogen and oxygen atoms in total. The van der Waals surface area contributed by atoms with Crippen LogP contribution in [0.4, 0.5) is 5.69 Å². The van der Waals surface area contributed by atoms with Gasteiger partial charge in [-0.1, -0.05) is 17.7 Å². The lowest BCUT2D eigenvalue weighted by Crippen LogP contribution is -2.36. The van der Waals surface area contributed by atoms with Crippen LogP contribution in [0.15, 0.2) is 12.1 Å². The molecule has 1 aromatic rings. The zero-order valence-electron chi connectivity index (χ0n) is 11.5. The standard InChI is InChI=1S/C14H21N3O/c1-9-7-10(2)13-11(8-9)12(15)14(18)17(13)6-5-16(3)4/h7-8,12H,5-6,15H2,1-4H3. The van der Waals surface area contributed by atoms with E-state index >= 15 is 0 Å². The van der Waals surface area contributed by atoms with Gasteiger partial charge in [0.25, 0.3) is 0 Å². The van der Waals surface area contributed by atoms with Gasteiger partial charge in [0.15, 0.2) is 0 Å². The van der Waals surface area contributed by atoms with Crippen molar-refractivity contribution in [1.29, 1.82) is 0 Å². The molecule has 1 heterocycles. The molecule has 1 aliphatic heterocycles. The Kier molecular flexibility index (Phi) is 3.41. The molecule has 0 saturated carbocycles. The fraction of sp³-hybridized carbons (Fsp3) is 0.500. The van der Waals surface area contributed by atoms with E-state index in [-0.39, 0.29) is 5.91 Å². The number of benzene rings is 1. The van der Waals surface area contributed by atoms with Gasteiger partial charge in [0, 0.05) is 18.7 Å². The molecule has 2 rings (SSSR count). The molecule has 0 fully saturated rings. The van der Waals surface area contributed by atoms with Crippen molar-refractivity contribution < 1.29 is 4.79 Å². The van der Waals surface area contributed by atoms with Crippen LogP contribution in [0, 0.1) is 13.8 Å². The van der Waals surface area contributed by atoms with Crippen molar-refractivity contribution in [2.75, 3.05) is 32.1 Å². The third-order valence-electron chi connectivity index (χ3n) is 3.38. The average molecular weight is 247 g/mol. The fourth-order valence-corrected chi connectivity index (χ4v) is 2.53. The monoisotopic (exact) mass is 247 g/mol. The summed E-state index contributed by atoms with van der Waals surface area (Å²) >= 11 is 0. The lowest BCUT2D eigenvalue weighted by Gasteiger charge is -2.21. The zero-order valence-corrected chi connectivity index (χ0v) is 11.5. The van der Waals surface area contributed by atoms with E-state index in [9.17, 15) is 4.79 Å². The van der Waals surface area contributed by atoms with Gasteiger partial charge in [0.1, 0.15) is 6.04 Å². The van der Waals surface area contributed by atoms with E-state index in [1.807, 2.05) is 38.9 Å². The highest BCUT2D eigenvalue weighted by molar-refractivity contribution is 6.05. The van der Waals surface area contributed by atoms with Gasteiger partial charge in [-0.2, -0.15) is 0 Å². The highest BCUT2D eigenvalue weighted by Crippen LogP contribution is 2.37. The van der Waals surface area contributed by atoms with Gasteiger partial charge < -0.3 is 15.5 Å². The smallest absolute Gasteiger partial charge is 0.248 e. The molecule has 0 aliphatic carbocycles. The van der Waals surface area contributed by atoms with E-state index in [1.165, 1.54) is 0 Å². The Labute approximate surface area is 108 Å². The second-order valence-electron chi connectivity index (χ2n) is 5.29. The summed E-state index contributed by atoms with van der Waals surface area (Å²) in [5, 5.41) is 0. The fourth-order valence-electron chi connectivity index (χ4n) is 2.53. The van der Waals surface area contributed by atoms with Crippen molar-refractivity contribution in [2.24, 2.45) is 5.73 Å². The molecular weight excluding hydrogens is 226 g/mol. The quantitative estimate of drug-likeness (QED) is 0.873. The van der Waals surface area contributed by atoms with Gasteiger partial charge in [0.05, 0.1) is 5.69 Å². The summed E-state index contributed by atoms with van der Waals surface area (Å²) in [5.74, 6) is 0.0144. The minimum atomic E-state index is -0.499. The highest BCUT2D eigenvalue weighted by atomic mass is 16.2. The molecule has 0 saturated heterocycles. The van der Waals surface area contributed by atoms with E-state index in [0.29, 0.717) is 6.54 Å². The number of fused-ring (bicyclic) bond motifs is 1. The summed E-state index contributed by atoms with van der Waals surface area (Å²) in [7, 11) is 4.01. The number of anilines is 1. The summed E-state index contributed by atoms with van der Waals surface area (Å²) in [4.78, 5) is 16.1. The van der Waals surface area contributed by atoms with Crippen molar-refractivity contribution >= 4 is 11.6 Å². The maximum absolute atomic E-state index is 12.2. The lowest BCUT2D eigenvalue weighted by molar-refractivity contribution is -0.119. The van der Waals surface area contributed by atoms with Crippen LogP contribution in [-0.2, 0) is 4.79 Å². The van der Waals surface area contributed by atoms with Crippen LogP contribution in [0.25, 0.3) is 0 Å². The molecule has 0 spiro atoms. The topological polar surface area (TPSA) is 49.6 Å². The molecule has 1 aromatic carbocycles. The van der Waals surface area contributed by atoms with Crippen molar-refractivity contribution in [3.63, 3.8) is 0 Å². The lowest BCUT2D eigenvalue weighted by atomic mass is 10.0. The van der Waals surface area contributed by atoms with Crippen LogP contribution in [0.3, 0.4) is 0 Å². The Bertz CT molecular complexity index is 482. The molecule has 1 amide bonds. The summed E-state index contributed by atoms with van der Waals surface area (Å²) in [5.41, 5.74) is 10.3. The van der Waals surface area contributed by atoms with Crippen LogP contribution in [-0.4, -0.2) is 38.0 Å². The number of nitrogens with two attached hydrogens (primary N) is 1. The highest BCUT2D eigenvalue weighted by Gasteiger charge is 2.35. The van der Waals surface area contributed by atoms with Crippen LogP contribution in [0.1, 0.15) is 22.7 Å². The molecule has 1 unspecified atom stereocenters. The molecule has 1 atom stereocenters. The van der Waals surface area contributed by atoms with E-state index in [2.05, 4.69) is 11.0 Å². The van der Waals surface area contributed by atoms with Crippen molar-refractivity contribution in [2.45, 2.75) is 19.9 Å². The van der Waals surface area contributed by atoms with Crippen molar-refractivity contribution in [3.05, 3.63) is 28.8 Å². The maximum Gasteiger partial charge on any atom is 0.248 e. The van der Waals surface area contributed by atoms with Gasteiger partial charge in [-0.15, -0.1) is 0 Å². The van der Waals surface area contributed by atoms with Crippen molar-refractivity contribution in [3.8, 4) is 0 Å². The van der Waals surface area contributed by atoms with Crippen LogP contribution < -0.4 is 10.6 Å². The molecule has 0 radical (unpaired) electrons. The minimum Gasteiger partial charge on any atom is -0.316 e. The van der Waals surface area contributed by atoms with Gasteiger partial charge in [-0.25, -0.2) is 0 Å². The number of carbonyl (C=O) groups excluding carboxylic acids is 1. The summed E-state index contributed by atoms with van der Waals surface area (Å²) in [6.07, 6.45) is 0. The van der Waals surface area contributed by atoms with Gasteiger partial charge in [-0.3, -0.25) is 4.79 Å². The van der Waals surface area contributed by atoms with E-state index in [0.717, 1.165) is 28.9 Å². The third kappa shape index (κ3) is 2.13. The summed E-state index contributed by atoms with van der Waals surface area (Å²) < 4.78 is 0. The third-order valence-corrected chi connectivity index (χ3v) is 3.38. The van der Waals surface area contributed by atoms with Crippen LogP contribution >= 0.6 is 0 Å². The van der Waals surface area contributed by atoms with Crippen LogP contribution in [0.5, 0.6) is 0 Å². The number of nitrogens with zero attached hydrogens (tertiary/aromatic N) is 2. The van der Waals surface area contributed by atoms with Crippen LogP contribution in [0.2, 0.25) is 0 Å². The number of likely N-dealkylation sites (N-methyl/N-ethyl adjacent to an activating group) is 1. The van der Waals surface area contributed by atoms with Gasteiger partial charge in [-0.05, 0) is 33.5 Å². The Hall–Kier alpha value is -1.39. The Balaban J connectivity index is 2.38. The molecule has 0 aromatic heterocycles. The number of carbonyl (C=O) groups is 1. The first-order chi connectivity index (χ1) is 8.41. The number of rotatable bonds is 3. The Morgan fingerprint density at radius 3 is 2.61 bits per heavy atom. The maximum atomic E-state index is 12.2. The molecule has 0 bridgehead atoms. The Morgan fingerprint density at radius 2 is 2.00 bits per heavy atom. The zero-order chi connectivity index (χ0) is 13.4. The summed E-state index contributed by atoms with van der Waals surface area (Å²) in [6.45, 7) is 5.61. The normalized spacial score (nSPS) is 18.7.